The first kappa shape index (κ1) is 16.7. The third kappa shape index (κ3) is 3.38. The molecule has 1 aliphatic heterocycles. The summed E-state index contributed by atoms with van der Waals surface area (Å²) in [6, 6.07) is 7.95. The Kier molecular flexibility index (Phi) is 4.05. The van der Waals surface area contributed by atoms with Crippen molar-refractivity contribution in [2.75, 3.05) is 18.4 Å². The van der Waals surface area contributed by atoms with Gasteiger partial charge in [-0.15, -0.1) is 0 Å². The number of nitro benzene ring substituents is 1. The van der Waals surface area contributed by atoms with Crippen molar-refractivity contribution < 1.29 is 27.6 Å². The van der Waals surface area contributed by atoms with E-state index in [1.165, 1.54) is 6.07 Å². The molecule has 9 nitrogen and oxygen atoms in total. The SMILES string of the molecule is CS(=O)(=O)c1ccc(C(=O)Nc2ccc3c(c2)OCO3)cc1[N+](=O)[O-]. The zero-order chi connectivity index (χ0) is 18.2. The van der Waals surface area contributed by atoms with Gasteiger partial charge in [-0.05, 0) is 24.3 Å². The summed E-state index contributed by atoms with van der Waals surface area (Å²) >= 11 is 0. The number of fused-ring (bicyclic) bond motifs is 1. The highest BCUT2D eigenvalue weighted by atomic mass is 32.2. The fraction of sp³-hybridized carbons (Fsp3) is 0.133. The van der Waals surface area contributed by atoms with E-state index in [1.807, 2.05) is 0 Å². The van der Waals surface area contributed by atoms with Crippen LogP contribution >= 0.6 is 0 Å². The fourth-order valence-electron chi connectivity index (χ4n) is 2.29. The average Bonchev–Trinajstić information content (AvgIpc) is 3.01. The number of anilines is 1. The van der Waals surface area contributed by atoms with Crippen LogP contribution in [0.1, 0.15) is 10.4 Å². The molecular formula is C15H12N2O7S. The van der Waals surface area contributed by atoms with Crippen LogP contribution < -0.4 is 14.8 Å². The van der Waals surface area contributed by atoms with Crippen molar-refractivity contribution in [3.05, 3.63) is 52.1 Å². The van der Waals surface area contributed by atoms with Crippen molar-refractivity contribution in [3.8, 4) is 11.5 Å². The van der Waals surface area contributed by atoms with Gasteiger partial charge < -0.3 is 14.8 Å². The van der Waals surface area contributed by atoms with Crippen molar-refractivity contribution in [2.45, 2.75) is 4.90 Å². The molecule has 0 saturated heterocycles. The van der Waals surface area contributed by atoms with E-state index in [0.29, 0.717) is 17.2 Å². The number of rotatable bonds is 4. The zero-order valence-corrected chi connectivity index (χ0v) is 13.7. The minimum Gasteiger partial charge on any atom is -0.454 e. The summed E-state index contributed by atoms with van der Waals surface area (Å²) in [7, 11) is -3.79. The zero-order valence-electron chi connectivity index (χ0n) is 12.9. The molecular weight excluding hydrogens is 352 g/mol. The fourth-order valence-corrected chi connectivity index (χ4v) is 3.12. The van der Waals surface area contributed by atoms with Crippen molar-refractivity contribution in [1.82, 2.24) is 0 Å². The molecule has 0 aromatic heterocycles. The van der Waals surface area contributed by atoms with Crippen LogP contribution in [0.15, 0.2) is 41.3 Å². The predicted molar refractivity (Wildman–Crippen MR) is 86.7 cm³/mol. The summed E-state index contributed by atoms with van der Waals surface area (Å²) in [6.07, 6.45) is 0.863. The van der Waals surface area contributed by atoms with E-state index in [0.717, 1.165) is 18.4 Å². The highest BCUT2D eigenvalue weighted by Gasteiger charge is 2.24. The van der Waals surface area contributed by atoms with Crippen molar-refractivity contribution >= 4 is 27.1 Å². The maximum absolute atomic E-state index is 12.3. The molecule has 1 amide bonds. The summed E-state index contributed by atoms with van der Waals surface area (Å²) in [6.45, 7) is 0.0892. The Balaban J connectivity index is 1.90. The number of hydrogen-bond donors (Lipinski definition) is 1. The molecule has 0 bridgehead atoms. The molecule has 1 N–H and O–H groups in total. The number of amides is 1. The molecule has 0 fully saturated rings. The highest BCUT2D eigenvalue weighted by Crippen LogP contribution is 2.34. The van der Waals surface area contributed by atoms with Crippen LogP contribution in [0.25, 0.3) is 0 Å². The third-order valence-corrected chi connectivity index (χ3v) is 4.59. The van der Waals surface area contributed by atoms with Crippen LogP contribution in [0, 0.1) is 10.1 Å². The first-order chi connectivity index (χ1) is 11.8. The van der Waals surface area contributed by atoms with E-state index in [-0.39, 0.29) is 12.4 Å². The van der Waals surface area contributed by atoms with Gasteiger partial charge in [0.1, 0.15) is 4.90 Å². The second-order valence-corrected chi connectivity index (χ2v) is 7.22. The molecule has 25 heavy (non-hydrogen) atoms. The van der Waals surface area contributed by atoms with Crippen molar-refractivity contribution in [1.29, 1.82) is 0 Å². The molecule has 0 radical (unpaired) electrons. The standard InChI is InChI=1S/C15H12N2O7S/c1-25(21,22)14-5-2-9(6-11(14)17(19)20)15(18)16-10-3-4-12-13(7-10)24-8-23-12/h2-7H,8H2,1H3,(H,16,18). The summed E-state index contributed by atoms with van der Waals surface area (Å²) in [5.41, 5.74) is -0.290. The molecule has 1 heterocycles. The molecule has 130 valence electrons. The Morgan fingerprint density at radius 2 is 1.88 bits per heavy atom. The maximum atomic E-state index is 12.3. The molecule has 0 atom stereocenters. The highest BCUT2D eigenvalue weighted by molar-refractivity contribution is 7.90. The van der Waals surface area contributed by atoms with Gasteiger partial charge >= 0.3 is 0 Å². The van der Waals surface area contributed by atoms with Gasteiger partial charge in [-0.1, -0.05) is 0 Å². The molecule has 0 saturated carbocycles. The van der Waals surface area contributed by atoms with Crippen LogP contribution in [0.5, 0.6) is 11.5 Å². The lowest BCUT2D eigenvalue weighted by Crippen LogP contribution is -2.13. The summed E-state index contributed by atoms with van der Waals surface area (Å²) in [5.74, 6) is 0.393. The van der Waals surface area contributed by atoms with Crippen LogP contribution in [0.2, 0.25) is 0 Å². The lowest BCUT2D eigenvalue weighted by Gasteiger charge is -2.07. The van der Waals surface area contributed by atoms with Crippen molar-refractivity contribution in [2.24, 2.45) is 0 Å². The van der Waals surface area contributed by atoms with E-state index >= 15 is 0 Å². The molecule has 2 aromatic rings. The average molecular weight is 364 g/mol. The van der Waals surface area contributed by atoms with Gasteiger partial charge in [-0.2, -0.15) is 0 Å². The number of hydrogen-bond acceptors (Lipinski definition) is 7. The van der Waals surface area contributed by atoms with Gasteiger partial charge in [0.15, 0.2) is 21.3 Å². The normalized spacial score (nSPS) is 12.7. The van der Waals surface area contributed by atoms with Gasteiger partial charge in [0.25, 0.3) is 11.6 Å². The Labute approximate surface area is 142 Å². The number of nitro groups is 1. The number of nitrogens with one attached hydrogen (secondary N) is 1. The quantitative estimate of drug-likeness (QED) is 0.649. The van der Waals surface area contributed by atoms with Gasteiger partial charge in [-0.3, -0.25) is 14.9 Å². The molecule has 10 heteroatoms. The van der Waals surface area contributed by atoms with Gasteiger partial charge in [-0.25, -0.2) is 8.42 Å². The number of benzene rings is 2. The van der Waals surface area contributed by atoms with E-state index in [9.17, 15) is 23.3 Å². The first-order valence-corrected chi connectivity index (χ1v) is 8.84. The number of nitrogens with zero attached hydrogens (tertiary/aromatic N) is 1. The van der Waals surface area contributed by atoms with Gasteiger partial charge in [0.2, 0.25) is 6.79 Å². The predicted octanol–water partition coefficient (Wildman–Crippen LogP) is 1.98. The number of carbonyl (C=O) groups is 1. The lowest BCUT2D eigenvalue weighted by atomic mass is 10.2. The lowest BCUT2D eigenvalue weighted by molar-refractivity contribution is -0.387. The van der Waals surface area contributed by atoms with E-state index in [4.69, 9.17) is 9.47 Å². The van der Waals surface area contributed by atoms with E-state index in [1.54, 1.807) is 18.2 Å². The Hall–Kier alpha value is -3.14. The number of carbonyl (C=O) groups excluding carboxylic acids is 1. The minimum atomic E-state index is -3.79. The minimum absolute atomic E-state index is 0.0447. The van der Waals surface area contributed by atoms with Crippen LogP contribution in [0.4, 0.5) is 11.4 Å². The molecule has 0 spiro atoms. The second-order valence-electron chi connectivity index (χ2n) is 5.23. The van der Waals surface area contributed by atoms with Crippen LogP contribution in [-0.2, 0) is 9.84 Å². The van der Waals surface area contributed by atoms with E-state index < -0.39 is 31.3 Å². The monoisotopic (exact) mass is 364 g/mol. The summed E-state index contributed by atoms with van der Waals surface area (Å²) < 4.78 is 33.6. The third-order valence-electron chi connectivity index (χ3n) is 3.45. The summed E-state index contributed by atoms with van der Waals surface area (Å²) in [4.78, 5) is 22.1. The van der Waals surface area contributed by atoms with Crippen LogP contribution in [-0.4, -0.2) is 32.3 Å². The molecule has 0 unspecified atom stereocenters. The first-order valence-electron chi connectivity index (χ1n) is 6.95. The molecule has 2 aromatic carbocycles. The Bertz CT molecular complexity index is 985. The van der Waals surface area contributed by atoms with Gasteiger partial charge in [0.05, 0.1) is 4.92 Å². The summed E-state index contributed by atoms with van der Waals surface area (Å²) in [5, 5.41) is 13.7. The number of sulfone groups is 1. The maximum Gasteiger partial charge on any atom is 0.288 e. The molecule has 1 aliphatic rings. The Morgan fingerprint density at radius 3 is 2.56 bits per heavy atom. The van der Waals surface area contributed by atoms with Gasteiger partial charge in [0, 0.05) is 29.6 Å². The largest absolute Gasteiger partial charge is 0.454 e. The van der Waals surface area contributed by atoms with E-state index in [2.05, 4.69) is 5.32 Å². The second kappa shape index (κ2) is 6.06. The van der Waals surface area contributed by atoms with Crippen molar-refractivity contribution in [3.63, 3.8) is 0 Å². The topological polar surface area (TPSA) is 125 Å². The smallest absolute Gasteiger partial charge is 0.288 e. The Morgan fingerprint density at radius 1 is 1.16 bits per heavy atom. The molecule has 0 aliphatic carbocycles. The number of ether oxygens (including phenoxy) is 2. The molecule has 3 rings (SSSR count). The van der Waals surface area contributed by atoms with Crippen LogP contribution in [0.3, 0.4) is 0 Å².